The number of hydrogen-bond donors (Lipinski definition) is 1. The highest BCUT2D eigenvalue weighted by molar-refractivity contribution is 4.65. The molecule has 0 bridgehead atoms. The van der Waals surface area contributed by atoms with Crippen molar-refractivity contribution in [1.29, 1.82) is 0 Å². The maximum atomic E-state index is 8.73. The van der Waals surface area contributed by atoms with Gasteiger partial charge in [-0.2, -0.15) is 0 Å². The molecule has 0 rings (SSSR count). The SMILES string of the molecule is C=CCCCCCCC[C@H](C)CCO. The van der Waals surface area contributed by atoms with Crippen LogP contribution in [0.1, 0.15) is 58.3 Å². The van der Waals surface area contributed by atoms with Crippen molar-refractivity contribution in [2.45, 2.75) is 58.3 Å². The summed E-state index contributed by atoms with van der Waals surface area (Å²) < 4.78 is 0. The van der Waals surface area contributed by atoms with E-state index in [9.17, 15) is 0 Å². The molecular formula is C13H26O. The summed E-state index contributed by atoms with van der Waals surface area (Å²) in [7, 11) is 0. The third kappa shape index (κ3) is 9.79. The van der Waals surface area contributed by atoms with Crippen LogP contribution in [0, 0.1) is 5.92 Å². The zero-order valence-corrected chi connectivity index (χ0v) is 9.67. The van der Waals surface area contributed by atoms with Gasteiger partial charge in [0, 0.05) is 6.61 Å². The Bertz CT molecular complexity index is 120. The summed E-state index contributed by atoms with van der Waals surface area (Å²) in [6.45, 7) is 6.29. The first kappa shape index (κ1) is 13.7. The lowest BCUT2D eigenvalue weighted by atomic mass is 9.99. The van der Waals surface area contributed by atoms with E-state index < -0.39 is 0 Å². The van der Waals surface area contributed by atoms with Gasteiger partial charge in [0.1, 0.15) is 0 Å². The highest BCUT2D eigenvalue weighted by Gasteiger charge is 2.00. The van der Waals surface area contributed by atoms with E-state index in [4.69, 9.17) is 5.11 Å². The second kappa shape index (κ2) is 10.8. The molecule has 84 valence electrons. The van der Waals surface area contributed by atoms with Gasteiger partial charge in [-0.15, -0.1) is 6.58 Å². The average Bonchev–Trinajstić information content (AvgIpc) is 2.17. The molecule has 14 heavy (non-hydrogen) atoms. The summed E-state index contributed by atoms with van der Waals surface area (Å²) in [5, 5.41) is 8.73. The van der Waals surface area contributed by atoms with Crippen LogP contribution in [-0.4, -0.2) is 11.7 Å². The number of unbranched alkanes of at least 4 members (excludes halogenated alkanes) is 5. The first-order chi connectivity index (χ1) is 6.81. The highest BCUT2D eigenvalue weighted by atomic mass is 16.3. The number of aliphatic hydroxyl groups is 1. The largest absolute Gasteiger partial charge is 0.396 e. The van der Waals surface area contributed by atoms with Crippen molar-refractivity contribution in [3.05, 3.63) is 12.7 Å². The third-order valence-electron chi connectivity index (χ3n) is 2.73. The minimum atomic E-state index is 0.348. The fraction of sp³-hybridized carbons (Fsp3) is 0.846. The van der Waals surface area contributed by atoms with E-state index in [1.807, 2.05) is 6.08 Å². The van der Waals surface area contributed by atoms with Crippen molar-refractivity contribution in [2.75, 3.05) is 6.61 Å². The summed E-state index contributed by atoms with van der Waals surface area (Å²) in [5.41, 5.74) is 0. The molecule has 0 saturated heterocycles. The monoisotopic (exact) mass is 198 g/mol. The summed E-state index contributed by atoms with van der Waals surface area (Å²) in [6, 6.07) is 0. The Morgan fingerprint density at radius 3 is 2.36 bits per heavy atom. The second-order valence-corrected chi connectivity index (χ2v) is 4.25. The highest BCUT2D eigenvalue weighted by Crippen LogP contribution is 2.14. The molecule has 0 aromatic rings. The van der Waals surface area contributed by atoms with Gasteiger partial charge in [-0.25, -0.2) is 0 Å². The zero-order chi connectivity index (χ0) is 10.6. The lowest BCUT2D eigenvalue weighted by molar-refractivity contribution is 0.256. The van der Waals surface area contributed by atoms with Crippen LogP contribution in [0.25, 0.3) is 0 Å². The van der Waals surface area contributed by atoms with E-state index in [1.165, 1.54) is 44.9 Å². The lowest BCUT2D eigenvalue weighted by Gasteiger charge is -2.08. The molecule has 1 atom stereocenters. The molecule has 0 aliphatic carbocycles. The van der Waals surface area contributed by atoms with E-state index in [0.717, 1.165) is 6.42 Å². The standard InChI is InChI=1S/C13H26O/c1-3-4-5-6-7-8-9-10-13(2)11-12-14/h3,13-14H,1,4-12H2,2H3/t13-/m0/s1. The molecule has 0 amide bonds. The average molecular weight is 198 g/mol. The molecule has 0 unspecified atom stereocenters. The Hall–Kier alpha value is -0.300. The topological polar surface area (TPSA) is 20.2 Å². The van der Waals surface area contributed by atoms with Gasteiger partial charge in [0.05, 0.1) is 0 Å². The Balaban J connectivity index is 3.01. The molecule has 0 radical (unpaired) electrons. The summed E-state index contributed by atoms with van der Waals surface area (Å²) in [6.07, 6.45) is 12.1. The van der Waals surface area contributed by atoms with Gasteiger partial charge in [-0.1, -0.05) is 45.1 Å². The smallest absolute Gasteiger partial charge is 0.0433 e. The Morgan fingerprint density at radius 1 is 1.07 bits per heavy atom. The first-order valence-electron chi connectivity index (χ1n) is 6.03. The van der Waals surface area contributed by atoms with E-state index in [2.05, 4.69) is 13.5 Å². The number of allylic oxidation sites excluding steroid dienone is 1. The van der Waals surface area contributed by atoms with Crippen LogP contribution in [0.15, 0.2) is 12.7 Å². The van der Waals surface area contributed by atoms with Gasteiger partial charge < -0.3 is 5.11 Å². The van der Waals surface area contributed by atoms with Crippen LogP contribution in [0.4, 0.5) is 0 Å². The number of aliphatic hydroxyl groups excluding tert-OH is 1. The van der Waals surface area contributed by atoms with Gasteiger partial charge in [0.15, 0.2) is 0 Å². The molecule has 0 heterocycles. The summed E-state index contributed by atoms with van der Waals surface area (Å²) >= 11 is 0. The molecular weight excluding hydrogens is 172 g/mol. The molecule has 0 aromatic carbocycles. The molecule has 0 aromatic heterocycles. The molecule has 0 aliphatic rings. The van der Waals surface area contributed by atoms with Gasteiger partial charge in [-0.3, -0.25) is 0 Å². The van der Waals surface area contributed by atoms with Crippen molar-refractivity contribution >= 4 is 0 Å². The summed E-state index contributed by atoms with van der Waals surface area (Å²) in [5.74, 6) is 0.702. The molecule has 0 fully saturated rings. The minimum absolute atomic E-state index is 0.348. The van der Waals surface area contributed by atoms with Crippen LogP contribution in [0.5, 0.6) is 0 Å². The number of rotatable bonds is 10. The maximum Gasteiger partial charge on any atom is 0.0433 e. The molecule has 0 saturated carbocycles. The number of hydrogen-bond acceptors (Lipinski definition) is 1. The van der Waals surface area contributed by atoms with Gasteiger partial charge in [0.25, 0.3) is 0 Å². The second-order valence-electron chi connectivity index (χ2n) is 4.25. The minimum Gasteiger partial charge on any atom is -0.396 e. The lowest BCUT2D eigenvalue weighted by Crippen LogP contribution is -1.97. The molecule has 1 nitrogen and oxygen atoms in total. The van der Waals surface area contributed by atoms with Crippen molar-refractivity contribution in [3.8, 4) is 0 Å². The summed E-state index contributed by atoms with van der Waals surface area (Å²) in [4.78, 5) is 0. The third-order valence-corrected chi connectivity index (χ3v) is 2.73. The molecule has 1 N–H and O–H groups in total. The van der Waals surface area contributed by atoms with Crippen LogP contribution >= 0.6 is 0 Å². The first-order valence-corrected chi connectivity index (χ1v) is 6.03. The predicted octanol–water partition coefficient (Wildman–Crippen LogP) is 3.92. The Kier molecular flexibility index (Phi) is 10.5. The Morgan fingerprint density at radius 2 is 1.71 bits per heavy atom. The van der Waals surface area contributed by atoms with Crippen molar-refractivity contribution in [1.82, 2.24) is 0 Å². The van der Waals surface area contributed by atoms with Crippen molar-refractivity contribution in [2.24, 2.45) is 5.92 Å². The molecule has 0 spiro atoms. The van der Waals surface area contributed by atoms with Crippen LogP contribution in [0.3, 0.4) is 0 Å². The van der Waals surface area contributed by atoms with Gasteiger partial charge >= 0.3 is 0 Å². The Labute approximate surface area is 89.2 Å². The quantitative estimate of drug-likeness (QED) is 0.416. The van der Waals surface area contributed by atoms with Gasteiger partial charge in [-0.05, 0) is 25.2 Å². The van der Waals surface area contributed by atoms with Crippen molar-refractivity contribution in [3.63, 3.8) is 0 Å². The van der Waals surface area contributed by atoms with E-state index in [1.54, 1.807) is 0 Å². The normalized spacial score (nSPS) is 12.7. The zero-order valence-electron chi connectivity index (χ0n) is 9.67. The molecule has 0 aliphatic heterocycles. The van der Waals surface area contributed by atoms with Crippen LogP contribution in [0.2, 0.25) is 0 Å². The fourth-order valence-electron chi connectivity index (χ4n) is 1.68. The van der Waals surface area contributed by atoms with Crippen LogP contribution < -0.4 is 0 Å². The fourth-order valence-corrected chi connectivity index (χ4v) is 1.68. The van der Waals surface area contributed by atoms with Crippen LogP contribution in [-0.2, 0) is 0 Å². The van der Waals surface area contributed by atoms with Crippen molar-refractivity contribution < 1.29 is 5.11 Å². The molecule has 1 heteroatoms. The van der Waals surface area contributed by atoms with E-state index in [0.29, 0.717) is 12.5 Å². The predicted molar refractivity (Wildman–Crippen MR) is 63.4 cm³/mol. The van der Waals surface area contributed by atoms with Gasteiger partial charge in [0.2, 0.25) is 0 Å². The van der Waals surface area contributed by atoms with E-state index >= 15 is 0 Å². The van der Waals surface area contributed by atoms with E-state index in [-0.39, 0.29) is 0 Å². The maximum absolute atomic E-state index is 8.73.